The van der Waals surface area contributed by atoms with Crippen LogP contribution < -0.4 is 16.0 Å². The molecule has 0 unspecified atom stereocenters. The lowest BCUT2D eigenvalue weighted by Gasteiger charge is -2.19. The number of nitrogens with one attached hydrogen (secondary N) is 3. The zero-order valence-electron chi connectivity index (χ0n) is 13.4. The van der Waals surface area contributed by atoms with Crippen molar-refractivity contribution in [1.29, 1.82) is 0 Å². The molecular weight excluding hydrogens is 282 g/mol. The first-order valence-corrected chi connectivity index (χ1v) is 7.14. The lowest BCUT2D eigenvalue weighted by atomic mass is 9.87. The number of carbonyl (C=O) groups is 3. The summed E-state index contributed by atoms with van der Waals surface area (Å²) in [6.45, 7) is 8.18. The monoisotopic (exact) mass is 305 g/mol. The normalized spacial score (nSPS) is 10.7. The predicted octanol–water partition coefficient (Wildman–Crippen LogP) is 1.17. The predicted molar refractivity (Wildman–Crippen MR) is 85.5 cm³/mol. The highest BCUT2D eigenvalue weighted by Gasteiger charge is 2.15. The Kier molecular flexibility index (Phi) is 6.10. The fourth-order valence-corrected chi connectivity index (χ4v) is 1.74. The molecule has 0 spiro atoms. The van der Waals surface area contributed by atoms with Gasteiger partial charge in [0, 0.05) is 25.7 Å². The van der Waals surface area contributed by atoms with Gasteiger partial charge in [-0.15, -0.1) is 0 Å². The van der Waals surface area contributed by atoms with Gasteiger partial charge in [0.25, 0.3) is 0 Å². The maximum absolute atomic E-state index is 11.7. The molecule has 0 bridgehead atoms. The molecule has 3 amide bonds. The van der Waals surface area contributed by atoms with E-state index >= 15 is 0 Å². The Labute approximate surface area is 130 Å². The third kappa shape index (κ3) is 5.95. The summed E-state index contributed by atoms with van der Waals surface area (Å²) in [7, 11) is 0. The Morgan fingerprint density at radius 1 is 0.909 bits per heavy atom. The molecule has 0 radical (unpaired) electrons. The number of rotatable bonds is 4. The molecule has 0 aromatic heterocycles. The molecule has 22 heavy (non-hydrogen) atoms. The fourth-order valence-electron chi connectivity index (χ4n) is 1.74. The van der Waals surface area contributed by atoms with Gasteiger partial charge in [0.1, 0.15) is 0 Å². The quantitative estimate of drug-likeness (QED) is 0.576. The Morgan fingerprint density at radius 2 is 1.45 bits per heavy atom. The molecule has 3 N–H and O–H groups in total. The summed E-state index contributed by atoms with van der Waals surface area (Å²) in [6, 6.07) is 7.38. The van der Waals surface area contributed by atoms with Crippen molar-refractivity contribution in [3.8, 4) is 0 Å². The van der Waals surface area contributed by atoms with Gasteiger partial charge in [-0.2, -0.15) is 0 Å². The SMILES string of the molecule is CC(=O)NCCNC(=O)C(=O)Nc1ccc(C(C)(C)C)cc1. The zero-order valence-corrected chi connectivity index (χ0v) is 13.4. The second kappa shape index (κ2) is 7.59. The molecule has 0 aliphatic heterocycles. The van der Waals surface area contributed by atoms with Gasteiger partial charge in [0.15, 0.2) is 0 Å². The van der Waals surface area contributed by atoms with Crippen LogP contribution in [-0.2, 0) is 19.8 Å². The van der Waals surface area contributed by atoms with Crippen LogP contribution in [0.25, 0.3) is 0 Å². The molecule has 1 rings (SSSR count). The summed E-state index contributed by atoms with van der Waals surface area (Å²) in [5.74, 6) is -1.64. The second-order valence-corrected chi connectivity index (χ2v) is 6.02. The molecule has 1 aromatic carbocycles. The molecule has 120 valence electrons. The summed E-state index contributed by atoms with van der Waals surface area (Å²) in [4.78, 5) is 34.0. The molecule has 1 aromatic rings. The van der Waals surface area contributed by atoms with Crippen LogP contribution in [0.3, 0.4) is 0 Å². The Morgan fingerprint density at radius 3 is 1.95 bits per heavy atom. The van der Waals surface area contributed by atoms with Crippen molar-refractivity contribution in [2.45, 2.75) is 33.1 Å². The summed E-state index contributed by atoms with van der Waals surface area (Å²) in [6.07, 6.45) is 0. The van der Waals surface area contributed by atoms with Crippen LogP contribution in [0, 0.1) is 0 Å². The molecule has 6 heteroatoms. The molecule has 0 saturated heterocycles. The van der Waals surface area contributed by atoms with Crippen molar-refractivity contribution in [3.63, 3.8) is 0 Å². The van der Waals surface area contributed by atoms with Gasteiger partial charge in [0.2, 0.25) is 5.91 Å². The molecule has 0 heterocycles. The highest BCUT2D eigenvalue weighted by atomic mass is 16.2. The molecule has 0 aliphatic carbocycles. The maximum atomic E-state index is 11.7. The first kappa shape index (κ1) is 17.7. The molecule has 6 nitrogen and oxygen atoms in total. The lowest BCUT2D eigenvalue weighted by Crippen LogP contribution is -2.39. The van der Waals surface area contributed by atoms with E-state index in [1.54, 1.807) is 12.1 Å². The summed E-state index contributed by atoms with van der Waals surface area (Å²) >= 11 is 0. The average molecular weight is 305 g/mol. The Hall–Kier alpha value is -2.37. The third-order valence-corrected chi connectivity index (χ3v) is 3.00. The minimum atomic E-state index is -0.731. The minimum Gasteiger partial charge on any atom is -0.355 e. The minimum absolute atomic E-state index is 0.0314. The van der Waals surface area contributed by atoms with Crippen molar-refractivity contribution in [2.24, 2.45) is 0 Å². The smallest absolute Gasteiger partial charge is 0.313 e. The number of hydrogen-bond acceptors (Lipinski definition) is 3. The standard InChI is InChI=1S/C16H23N3O3/c1-11(20)17-9-10-18-14(21)15(22)19-13-7-5-12(6-8-13)16(2,3)4/h5-8H,9-10H2,1-4H3,(H,17,20)(H,18,21)(H,19,22). The van der Waals surface area contributed by atoms with Gasteiger partial charge in [0.05, 0.1) is 0 Å². The Bertz CT molecular complexity index is 545. The molecule has 0 saturated carbocycles. The largest absolute Gasteiger partial charge is 0.355 e. The van der Waals surface area contributed by atoms with Gasteiger partial charge >= 0.3 is 11.8 Å². The van der Waals surface area contributed by atoms with Crippen LogP contribution in [0.5, 0.6) is 0 Å². The van der Waals surface area contributed by atoms with Crippen molar-refractivity contribution >= 4 is 23.4 Å². The van der Waals surface area contributed by atoms with Crippen molar-refractivity contribution in [2.75, 3.05) is 18.4 Å². The van der Waals surface area contributed by atoms with Crippen LogP contribution >= 0.6 is 0 Å². The zero-order chi connectivity index (χ0) is 16.8. The van der Waals surface area contributed by atoms with E-state index in [9.17, 15) is 14.4 Å². The van der Waals surface area contributed by atoms with Crippen LogP contribution in [0.15, 0.2) is 24.3 Å². The third-order valence-electron chi connectivity index (χ3n) is 3.00. The van der Waals surface area contributed by atoms with Gasteiger partial charge in [-0.05, 0) is 23.1 Å². The van der Waals surface area contributed by atoms with E-state index in [0.717, 1.165) is 5.56 Å². The topological polar surface area (TPSA) is 87.3 Å². The number of hydrogen-bond donors (Lipinski definition) is 3. The van der Waals surface area contributed by atoms with E-state index in [1.807, 2.05) is 12.1 Å². The summed E-state index contributed by atoms with van der Waals surface area (Å²) in [5.41, 5.74) is 1.74. The molecular formula is C16H23N3O3. The number of amides is 3. The van der Waals surface area contributed by atoms with Crippen LogP contribution in [0.4, 0.5) is 5.69 Å². The van der Waals surface area contributed by atoms with Gasteiger partial charge in [-0.1, -0.05) is 32.9 Å². The van der Waals surface area contributed by atoms with E-state index in [-0.39, 0.29) is 24.4 Å². The second-order valence-electron chi connectivity index (χ2n) is 6.02. The molecule has 0 aliphatic rings. The van der Waals surface area contributed by atoms with Crippen LogP contribution in [0.1, 0.15) is 33.3 Å². The highest BCUT2D eigenvalue weighted by molar-refractivity contribution is 6.39. The van der Waals surface area contributed by atoms with Gasteiger partial charge < -0.3 is 16.0 Å². The fraction of sp³-hybridized carbons (Fsp3) is 0.438. The van der Waals surface area contributed by atoms with E-state index < -0.39 is 11.8 Å². The number of anilines is 1. The average Bonchev–Trinajstić information content (AvgIpc) is 2.42. The van der Waals surface area contributed by atoms with Crippen molar-refractivity contribution in [1.82, 2.24) is 10.6 Å². The first-order chi connectivity index (χ1) is 10.2. The van der Waals surface area contributed by atoms with Crippen molar-refractivity contribution in [3.05, 3.63) is 29.8 Å². The van der Waals surface area contributed by atoms with Gasteiger partial charge in [-0.3, -0.25) is 14.4 Å². The number of carbonyl (C=O) groups excluding carboxylic acids is 3. The maximum Gasteiger partial charge on any atom is 0.313 e. The van der Waals surface area contributed by atoms with Gasteiger partial charge in [-0.25, -0.2) is 0 Å². The summed E-state index contributed by atoms with van der Waals surface area (Å²) < 4.78 is 0. The van der Waals surface area contributed by atoms with E-state index in [4.69, 9.17) is 0 Å². The van der Waals surface area contributed by atoms with E-state index in [0.29, 0.717) is 5.69 Å². The first-order valence-electron chi connectivity index (χ1n) is 7.14. The molecule has 0 fully saturated rings. The lowest BCUT2D eigenvalue weighted by molar-refractivity contribution is -0.136. The Balaban J connectivity index is 2.47. The van der Waals surface area contributed by atoms with E-state index in [1.165, 1.54) is 6.92 Å². The van der Waals surface area contributed by atoms with E-state index in [2.05, 4.69) is 36.7 Å². The number of benzene rings is 1. The summed E-state index contributed by atoms with van der Waals surface area (Å²) in [5, 5.41) is 7.48. The van der Waals surface area contributed by atoms with Crippen LogP contribution in [-0.4, -0.2) is 30.8 Å². The van der Waals surface area contributed by atoms with Crippen LogP contribution in [0.2, 0.25) is 0 Å². The molecule has 0 atom stereocenters. The van der Waals surface area contributed by atoms with Crippen molar-refractivity contribution < 1.29 is 14.4 Å². The highest BCUT2D eigenvalue weighted by Crippen LogP contribution is 2.23.